The Bertz CT molecular complexity index is 512. The summed E-state index contributed by atoms with van der Waals surface area (Å²) in [4.78, 5) is 4.10. The fourth-order valence-corrected chi connectivity index (χ4v) is 2.48. The van der Waals surface area contributed by atoms with Gasteiger partial charge in [-0.2, -0.15) is 0 Å². The number of aromatic nitrogens is 1. The zero-order valence-electron chi connectivity index (χ0n) is 11.1. The van der Waals surface area contributed by atoms with Crippen molar-refractivity contribution in [2.75, 3.05) is 6.61 Å². The number of rotatable bonds is 6. The van der Waals surface area contributed by atoms with Gasteiger partial charge in [0.05, 0.1) is 12.8 Å². The number of benzene rings is 1. The molecule has 1 aromatic carbocycles. The summed E-state index contributed by atoms with van der Waals surface area (Å²) in [7, 11) is 0. The van der Waals surface area contributed by atoms with E-state index in [1.54, 1.807) is 24.2 Å². The maximum atomic E-state index is 5.92. The molecule has 0 aliphatic heterocycles. The first-order valence-corrected chi connectivity index (χ1v) is 7.22. The predicted molar refractivity (Wildman–Crippen MR) is 76.3 cm³/mol. The summed E-state index contributed by atoms with van der Waals surface area (Å²) >= 11 is 1.54. The summed E-state index contributed by atoms with van der Waals surface area (Å²) in [5.74, 6) is 1.64. The molecule has 0 spiro atoms. The molecule has 1 aromatic heterocycles. The van der Waals surface area contributed by atoms with Gasteiger partial charge >= 0.3 is 0 Å². The van der Waals surface area contributed by atoms with Crippen molar-refractivity contribution < 1.29 is 9.15 Å². The highest BCUT2D eigenvalue weighted by Gasteiger charge is 2.09. The van der Waals surface area contributed by atoms with Gasteiger partial charge in [0.25, 0.3) is 5.22 Å². The van der Waals surface area contributed by atoms with Crippen LogP contribution in [0.3, 0.4) is 0 Å². The minimum absolute atomic E-state index is 0.0150. The van der Waals surface area contributed by atoms with Crippen LogP contribution in [0.25, 0.3) is 0 Å². The van der Waals surface area contributed by atoms with Crippen LogP contribution in [-0.4, -0.2) is 11.6 Å². The number of hydrogen-bond acceptors (Lipinski definition) is 5. The normalized spacial score (nSPS) is 12.4. The van der Waals surface area contributed by atoms with Crippen molar-refractivity contribution in [1.82, 2.24) is 4.98 Å². The van der Waals surface area contributed by atoms with Crippen molar-refractivity contribution in [2.24, 2.45) is 5.73 Å². The van der Waals surface area contributed by atoms with Gasteiger partial charge in [0, 0.05) is 17.4 Å². The topological polar surface area (TPSA) is 61.3 Å². The maximum Gasteiger partial charge on any atom is 0.255 e. The largest absolute Gasteiger partial charge is 0.494 e. The smallest absolute Gasteiger partial charge is 0.255 e. The maximum absolute atomic E-state index is 5.92. The molecule has 0 aliphatic rings. The summed E-state index contributed by atoms with van der Waals surface area (Å²) in [6, 6.07) is 6.09. The van der Waals surface area contributed by atoms with Crippen LogP contribution < -0.4 is 10.5 Å². The molecule has 0 aliphatic carbocycles. The Kier molecular flexibility index (Phi) is 4.87. The summed E-state index contributed by atoms with van der Waals surface area (Å²) in [5.41, 5.74) is 8.13. The molecule has 0 saturated heterocycles. The van der Waals surface area contributed by atoms with Gasteiger partial charge in [0.2, 0.25) is 0 Å². The number of nitrogens with zero attached hydrogens (tertiary/aromatic N) is 1. The molecule has 19 heavy (non-hydrogen) atoms. The first kappa shape index (κ1) is 14.0. The molecular formula is C14H18N2O2S. The monoisotopic (exact) mass is 278 g/mol. The molecule has 5 heteroatoms. The van der Waals surface area contributed by atoms with E-state index in [1.165, 1.54) is 0 Å². The lowest BCUT2D eigenvalue weighted by Crippen LogP contribution is -2.06. The van der Waals surface area contributed by atoms with Crippen molar-refractivity contribution >= 4 is 11.8 Å². The summed E-state index contributed by atoms with van der Waals surface area (Å²) in [6.45, 7) is 4.60. The number of hydrogen-bond donors (Lipinski definition) is 1. The second-order valence-corrected chi connectivity index (χ2v) is 5.10. The van der Waals surface area contributed by atoms with E-state index in [2.05, 4.69) is 11.1 Å². The first-order valence-electron chi connectivity index (χ1n) is 6.24. The van der Waals surface area contributed by atoms with E-state index in [9.17, 15) is 0 Å². The Morgan fingerprint density at radius 1 is 1.47 bits per heavy atom. The van der Waals surface area contributed by atoms with Gasteiger partial charge in [-0.05, 0) is 31.5 Å². The van der Waals surface area contributed by atoms with Crippen molar-refractivity contribution in [3.05, 3.63) is 41.8 Å². The number of oxazole rings is 1. The molecule has 1 unspecified atom stereocenters. The van der Waals surface area contributed by atoms with Gasteiger partial charge in [0.15, 0.2) is 0 Å². The Hall–Kier alpha value is -1.46. The van der Waals surface area contributed by atoms with E-state index in [0.29, 0.717) is 11.8 Å². The lowest BCUT2D eigenvalue weighted by Gasteiger charge is -2.13. The van der Waals surface area contributed by atoms with Gasteiger partial charge in [0.1, 0.15) is 12.0 Å². The fraction of sp³-hybridized carbons (Fsp3) is 0.357. The van der Waals surface area contributed by atoms with E-state index >= 15 is 0 Å². The fourth-order valence-electron chi connectivity index (χ4n) is 1.71. The molecule has 1 heterocycles. The van der Waals surface area contributed by atoms with E-state index in [4.69, 9.17) is 14.9 Å². The van der Waals surface area contributed by atoms with Crippen molar-refractivity contribution in [1.29, 1.82) is 0 Å². The van der Waals surface area contributed by atoms with Crippen LogP contribution in [0.5, 0.6) is 5.75 Å². The zero-order valence-corrected chi connectivity index (χ0v) is 11.9. The van der Waals surface area contributed by atoms with Gasteiger partial charge in [-0.1, -0.05) is 17.8 Å². The standard InChI is InChI=1S/C14H18N2O2S/c1-3-17-13-5-4-11(10(2)15)8-12(13)9-19-14-16-6-7-18-14/h4-8,10H,3,9,15H2,1-2H3. The highest BCUT2D eigenvalue weighted by Crippen LogP contribution is 2.29. The molecule has 0 fully saturated rings. The average molecular weight is 278 g/mol. The predicted octanol–water partition coefficient (Wildman–Crippen LogP) is 3.39. The summed E-state index contributed by atoms with van der Waals surface area (Å²) < 4.78 is 10.9. The van der Waals surface area contributed by atoms with Gasteiger partial charge in [-0.25, -0.2) is 4.98 Å². The van der Waals surface area contributed by atoms with Crippen LogP contribution in [0.2, 0.25) is 0 Å². The Morgan fingerprint density at radius 2 is 2.32 bits per heavy atom. The Morgan fingerprint density at radius 3 is 2.95 bits per heavy atom. The van der Waals surface area contributed by atoms with Gasteiger partial charge < -0.3 is 14.9 Å². The second-order valence-electron chi connectivity index (χ2n) is 4.18. The number of thioether (sulfide) groups is 1. The second kappa shape index (κ2) is 6.63. The molecule has 2 aromatic rings. The van der Waals surface area contributed by atoms with Crippen LogP contribution in [0.15, 0.2) is 40.3 Å². The Balaban J connectivity index is 2.16. The molecule has 2 N–H and O–H groups in total. The third-order valence-corrected chi connectivity index (χ3v) is 3.57. The third-order valence-electron chi connectivity index (χ3n) is 2.67. The average Bonchev–Trinajstić information content (AvgIpc) is 2.90. The molecule has 0 bridgehead atoms. The molecule has 0 amide bonds. The molecule has 102 valence electrons. The lowest BCUT2D eigenvalue weighted by molar-refractivity contribution is 0.337. The number of nitrogens with two attached hydrogens (primary N) is 1. The molecule has 2 rings (SSSR count). The zero-order chi connectivity index (χ0) is 13.7. The summed E-state index contributed by atoms with van der Waals surface area (Å²) in [5, 5.41) is 0.661. The highest BCUT2D eigenvalue weighted by atomic mass is 32.2. The first-order chi connectivity index (χ1) is 9.20. The van der Waals surface area contributed by atoms with Crippen LogP contribution in [-0.2, 0) is 5.75 Å². The quantitative estimate of drug-likeness (QED) is 0.821. The third kappa shape index (κ3) is 3.75. The summed E-state index contributed by atoms with van der Waals surface area (Å²) in [6.07, 6.45) is 3.22. The Labute approximate surface area is 117 Å². The minimum Gasteiger partial charge on any atom is -0.494 e. The van der Waals surface area contributed by atoms with E-state index in [-0.39, 0.29) is 6.04 Å². The molecule has 4 nitrogen and oxygen atoms in total. The molecular weight excluding hydrogens is 260 g/mol. The molecule has 1 atom stereocenters. The van der Waals surface area contributed by atoms with Crippen LogP contribution in [0, 0.1) is 0 Å². The molecule has 0 saturated carbocycles. The van der Waals surface area contributed by atoms with Crippen molar-refractivity contribution in [2.45, 2.75) is 30.9 Å². The lowest BCUT2D eigenvalue weighted by atomic mass is 10.1. The van der Waals surface area contributed by atoms with Gasteiger partial charge in [-0.15, -0.1) is 0 Å². The van der Waals surface area contributed by atoms with E-state index in [0.717, 1.165) is 22.6 Å². The highest BCUT2D eigenvalue weighted by molar-refractivity contribution is 7.98. The number of ether oxygens (including phenoxy) is 1. The van der Waals surface area contributed by atoms with Crippen LogP contribution in [0.4, 0.5) is 0 Å². The van der Waals surface area contributed by atoms with Crippen LogP contribution >= 0.6 is 11.8 Å². The minimum atomic E-state index is 0.0150. The van der Waals surface area contributed by atoms with Gasteiger partial charge in [-0.3, -0.25) is 0 Å². The molecule has 0 radical (unpaired) electrons. The van der Waals surface area contributed by atoms with Crippen molar-refractivity contribution in [3.63, 3.8) is 0 Å². The van der Waals surface area contributed by atoms with E-state index < -0.39 is 0 Å². The van der Waals surface area contributed by atoms with Crippen molar-refractivity contribution in [3.8, 4) is 5.75 Å². The SMILES string of the molecule is CCOc1ccc(C(C)N)cc1CSc1ncco1. The van der Waals surface area contributed by atoms with Crippen LogP contribution in [0.1, 0.15) is 31.0 Å². The van der Waals surface area contributed by atoms with E-state index in [1.807, 2.05) is 26.0 Å².